The molecule has 0 fully saturated rings. The topological polar surface area (TPSA) is 46.2 Å². The fraction of sp³-hybridized carbons (Fsp3) is 1.00. The second-order valence-corrected chi connectivity index (χ2v) is 3.33. The van der Waals surface area contributed by atoms with Crippen LogP contribution in [0.15, 0.2) is 0 Å². The first kappa shape index (κ1) is 9.20. The molecule has 0 radical (unpaired) electrons. The zero-order valence-corrected chi connectivity index (χ0v) is 6.78. The van der Waals surface area contributed by atoms with Crippen molar-refractivity contribution in [3.63, 3.8) is 0 Å². The van der Waals surface area contributed by atoms with Gasteiger partial charge in [0.1, 0.15) is 5.37 Å². The number of thiol groups is 1. The van der Waals surface area contributed by atoms with Gasteiger partial charge in [-0.2, -0.15) is 0 Å². The predicted molar refractivity (Wildman–Crippen MR) is 38.5 cm³/mol. The molecule has 1 unspecified atom stereocenters. The number of nitrogens with one attached hydrogen (secondary N) is 1. The molecule has 0 saturated heterocycles. The van der Waals surface area contributed by atoms with E-state index in [2.05, 4.69) is 5.32 Å². The van der Waals surface area contributed by atoms with Crippen molar-refractivity contribution in [3.05, 3.63) is 0 Å². The van der Waals surface area contributed by atoms with E-state index in [1.54, 1.807) is 6.92 Å². The Hall–Kier alpha value is 0.200. The first-order valence-electron chi connectivity index (χ1n) is 2.61. The van der Waals surface area contributed by atoms with Crippen LogP contribution in [0.1, 0.15) is 6.92 Å². The Labute approximate surface area is 61.3 Å². The van der Waals surface area contributed by atoms with Crippen molar-refractivity contribution >= 4 is 22.3 Å². The maximum absolute atomic E-state index is 10.1. The summed E-state index contributed by atoms with van der Waals surface area (Å²) in [5.74, 6) is 0.438. The lowest BCUT2D eigenvalue weighted by atomic mass is 10.6. The van der Waals surface area contributed by atoms with Crippen molar-refractivity contribution in [1.82, 2.24) is 5.32 Å². The van der Waals surface area contributed by atoms with Gasteiger partial charge in [0.15, 0.2) is 10.7 Å². The Bertz CT molecular complexity index is 129. The standard InChI is InChI=1S/C4H10ClNO2S/c1-4(9(7)8)6-3-2-5/h4,6,9H,2-3H2,1H3. The number of hydrogen-bond donors (Lipinski definition) is 2. The summed E-state index contributed by atoms with van der Waals surface area (Å²) in [7, 11) is -2.34. The highest BCUT2D eigenvalue weighted by Crippen LogP contribution is 1.80. The van der Waals surface area contributed by atoms with Gasteiger partial charge in [-0.25, -0.2) is 8.42 Å². The van der Waals surface area contributed by atoms with Crippen LogP contribution in [0.5, 0.6) is 0 Å². The predicted octanol–water partition coefficient (Wildman–Crippen LogP) is -0.228. The molecule has 3 nitrogen and oxygen atoms in total. The van der Waals surface area contributed by atoms with Crippen LogP contribution in [-0.2, 0) is 10.7 Å². The van der Waals surface area contributed by atoms with Crippen LogP contribution in [0.4, 0.5) is 0 Å². The lowest BCUT2D eigenvalue weighted by Crippen LogP contribution is -2.28. The molecule has 0 aromatic heterocycles. The molecule has 0 aromatic rings. The third-order valence-corrected chi connectivity index (χ3v) is 1.85. The minimum absolute atomic E-state index is 0.438. The zero-order chi connectivity index (χ0) is 7.28. The molecule has 0 heterocycles. The van der Waals surface area contributed by atoms with Crippen molar-refractivity contribution < 1.29 is 8.42 Å². The molecule has 0 aliphatic rings. The summed E-state index contributed by atoms with van der Waals surface area (Å²) in [6.07, 6.45) is 0. The maximum Gasteiger partial charge on any atom is 0.155 e. The van der Waals surface area contributed by atoms with Gasteiger partial charge in [-0.05, 0) is 6.92 Å². The van der Waals surface area contributed by atoms with Crippen LogP contribution in [0.2, 0.25) is 0 Å². The van der Waals surface area contributed by atoms with Crippen LogP contribution in [0, 0.1) is 0 Å². The molecule has 0 aliphatic carbocycles. The van der Waals surface area contributed by atoms with Crippen molar-refractivity contribution in [3.8, 4) is 0 Å². The molecule has 0 aliphatic heterocycles. The minimum atomic E-state index is -2.34. The molecule has 1 atom stereocenters. The number of halogens is 1. The van der Waals surface area contributed by atoms with E-state index in [0.717, 1.165) is 0 Å². The number of hydrogen-bond acceptors (Lipinski definition) is 3. The maximum atomic E-state index is 10.1. The smallest absolute Gasteiger partial charge is 0.155 e. The molecule has 1 N–H and O–H groups in total. The van der Waals surface area contributed by atoms with Gasteiger partial charge < -0.3 is 5.32 Å². The number of rotatable bonds is 4. The van der Waals surface area contributed by atoms with Crippen LogP contribution >= 0.6 is 11.6 Å². The highest BCUT2D eigenvalue weighted by atomic mass is 35.5. The van der Waals surface area contributed by atoms with E-state index in [-0.39, 0.29) is 0 Å². The molecule has 5 heteroatoms. The highest BCUT2D eigenvalue weighted by molar-refractivity contribution is 7.73. The normalized spacial score (nSPS) is 14.1. The van der Waals surface area contributed by atoms with E-state index in [1.165, 1.54) is 0 Å². The average molecular weight is 172 g/mol. The Kier molecular flexibility index (Phi) is 5.13. The van der Waals surface area contributed by atoms with E-state index in [0.29, 0.717) is 12.4 Å². The lowest BCUT2D eigenvalue weighted by Gasteiger charge is -2.02. The summed E-state index contributed by atoms with van der Waals surface area (Å²) >= 11 is 5.29. The van der Waals surface area contributed by atoms with E-state index in [9.17, 15) is 8.42 Å². The second kappa shape index (κ2) is 5.02. The molecule has 0 rings (SSSR count). The van der Waals surface area contributed by atoms with Gasteiger partial charge in [-0.15, -0.1) is 11.6 Å². The first-order valence-corrected chi connectivity index (χ1v) is 4.39. The summed E-state index contributed by atoms with van der Waals surface area (Å²) in [6.45, 7) is 2.12. The second-order valence-electron chi connectivity index (χ2n) is 1.60. The van der Waals surface area contributed by atoms with Crippen molar-refractivity contribution in [1.29, 1.82) is 0 Å². The SMILES string of the molecule is CC(NCCCl)[SH](=O)=O. The number of alkyl halides is 1. The molecular formula is C4H10ClNO2S. The van der Waals surface area contributed by atoms with Gasteiger partial charge in [-0.3, -0.25) is 0 Å². The van der Waals surface area contributed by atoms with E-state index in [4.69, 9.17) is 11.6 Å². The third kappa shape index (κ3) is 4.69. The van der Waals surface area contributed by atoms with Gasteiger partial charge in [0.25, 0.3) is 0 Å². The summed E-state index contributed by atoms with van der Waals surface area (Å²) in [5.41, 5.74) is 0. The van der Waals surface area contributed by atoms with E-state index >= 15 is 0 Å². The van der Waals surface area contributed by atoms with Gasteiger partial charge >= 0.3 is 0 Å². The fourth-order valence-electron chi connectivity index (χ4n) is 0.338. The van der Waals surface area contributed by atoms with Gasteiger partial charge in [-0.1, -0.05) is 0 Å². The highest BCUT2D eigenvalue weighted by Gasteiger charge is 1.99. The van der Waals surface area contributed by atoms with Crippen molar-refractivity contribution in [2.45, 2.75) is 12.3 Å². The Morgan fingerprint density at radius 3 is 2.56 bits per heavy atom. The largest absolute Gasteiger partial charge is 0.300 e. The molecule has 9 heavy (non-hydrogen) atoms. The molecule has 0 spiro atoms. The van der Waals surface area contributed by atoms with Crippen molar-refractivity contribution in [2.75, 3.05) is 12.4 Å². The monoisotopic (exact) mass is 171 g/mol. The molecule has 0 amide bonds. The Balaban J connectivity index is 3.38. The lowest BCUT2D eigenvalue weighted by molar-refractivity contribution is 0.584. The third-order valence-electron chi connectivity index (χ3n) is 0.850. The summed E-state index contributed by atoms with van der Waals surface area (Å²) in [5, 5.41) is 2.24. The summed E-state index contributed by atoms with van der Waals surface area (Å²) < 4.78 is 20.3. The average Bonchev–Trinajstić information content (AvgIpc) is 1.82. The zero-order valence-electron chi connectivity index (χ0n) is 5.13. The van der Waals surface area contributed by atoms with Crippen LogP contribution in [-0.4, -0.2) is 26.2 Å². The van der Waals surface area contributed by atoms with Crippen LogP contribution in [0.3, 0.4) is 0 Å². The Morgan fingerprint density at radius 2 is 2.22 bits per heavy atom. The molecular weight excluding hydrogens is 162 g/mol. The summed E-state index contributed by atoms with van der Waals surface area (Å²) in [6, 6.07) is 0. The van der Waals surface area contributed by atoms with E-state index in [1.807, 2.05) is 0 Å². The van der Waals surface area contributed by atoms with Crippen LogP contribution in [0.25, 0.3) is 0 Å². The first-order chi connectivity index (χ1) is 4.18. The Morgan fingerprint density at radius 1 is 1.67 bits per heavy atom. The molecule has 0 aromatic carbocycles. The van der Waals surface area contributed by atoms with Crippen LogP contribution < -0.4 is 5.32 Å². The van der Waals surface area contributed by atoms with E-state index < -0.39 is 16.1 Å². The van der Waals surface area contributed by atoms with Gasteiger partial charge in [0.2, 0.25) is 0 Å². The minimum Gasteiger partial charge on any atom is -0.300 e. The molecule has 0 bridgehead atoms. The quantitative estimate of drug-likeness (QED) is 0.454. The van der Waals surface area contributed by atoms with Crippen molar-refractivity contribution in [2.24, 2.45) is 0 Å². The molecule has 56 valence electrons. The van der Waals surface area contributed by atoms with Gasteiger partial charge in [0, 0.05) is 12.4 Å². The summed E-state index contributed by atoms with van der Waals surface area (Å²) in [4.78, 5) is 0. The molecule has 0 saturated carbocycles. The van der Waals surface area contributed by atoms with Gasteiger partial charge in [0.05, 0.1) is 0 Å². The fourth-order valence-corrected chi connectivity index (χ4v) is 0.725.